The zero-order valence-electron chi connectivity index (χ0n) is 12.0. The van der Waals surface area contributed by atoms with Crippen molar-refractivity contribution in [3.8, 4) is 0 Å². The minimum absolute atomic E-state index is 0.378. The van der Waals surface area contributed by atoms with Crippen LogP contribution in [0.15, 0.2) is 48.8 Å². The van der Waals surface area contributed by atoms with Gasteiger partial charge in [0.05, 0.1) is 12.6 Å². The van der Waals surface area contributed by atoms with Crippen LogP contribution in [0.4, 0.5) is 0 Å². The van der Waals surface area contributed by atoms with Crippen LogP contribution in [0.25, 0.3) is 0 Å². The van der Waals surface area contributed by atoms with E-state index in [1.807, 2.05) is 18.3 Å². The lowest BCUT2D eigenvalue weighted by Gasteiger charge is -2.20. The van der Waals surface area contributed by atoms with E-state index in [2.05, 4.69) is 41.3 Å². The summed E-state index contributed by atoms with van der Waals surface area (Å²) < 4.78 is 1.77. The molecule has 0 amide bonds. The van der Waals surface area contributed by atoms with Gasteiger partial charge in [-0.3, -0.25) is 4.68 Å². The maximum Gasteiger partial charge on any atom is 0.0862 e. The molecule has 0 fully saturated rings. The predicted molar refractivity (Wildman–Crippen MR) is 80.5 cm³/mol. The van der Waals surface area contributed by atoms with E-state index in [9.17, 15) is 5.11 Å². The van der Waals surface area contributed by atoms with Crippen LogP contribution < -0.4 is 0 Å². The monoisotopic (exact) mass is 273 g/mol. The molecule has 108 valence electrons. The van der Waals surface area contributed by atoms with Crippen molar-refractivity contribution in [1.29, 1.82) is 0 Å². The number of hydrogen-bond acceptors (Lipinski definition) is 3. The van der Waals surface area contributed by atoms with E-state index in [-0.39, 0.29) is 6.10 Å². The Hall–Kier alpha value is -1.65. The van der Waals surface area contributed by atoms with E-state index >= 15 is 0 Å². The first-order chi connectivity index (χ1) is 9.74. The van der Waals surface area contributed by atoms with Crippen molar-refractivity contribution in [2.75, 3.05) is 20.1 Å². The Morgan fingerprint density at radius 3 is 2.75 bits per heavy atom. The van der Waals surface area contributed by atoms with Gasteiger partial charge >= 0.3 is 0 Å². The van der Waals surface area contributed by atoms with Crippen molar-refractivity contribution in [2.45, 2.75) is 25.5 Å². The molecule has 1 aromatic heterocycles. The first kappa shape index (κ1) is 14.8. The molecule has 1 unspecified atom stereocenters. The van der Waals surface area contributed by atoms with Gasteiger partial charge in [0, 0.05) is 18.9 Å². The molecule has 0 bridgehead atoms. The third kappa shape index (κ3) is 5.15. The van der Waals surface area contributed by atoms with Gasteiger partial charge in [0.25, 0.3) is 0 Å². The van der Waals surface area contributed by atoms with Crippen LogP contribution in [-0.4, -0.2) is 46.0 Å². The highest BCUT2D eigenvalue weighted by Gasteiger charge is 2.09. The molecule has 4 nitrogen and oxygen atoms in total. The Morgan fingerprint density at radius 2 is 2.05 bits per heavy atom. The molecule has 4 heteroatoms. The molecule has 2 rings (SSSR count). The Morgan fingerprint density at radius 1 is 1.25 bits per heavy atom. The Kier molecular flexibility index (Phi) is 5.77. The minimum atomic E-state index is -0.378. The summed E-state index contributed by atoms with van der Waals surface area (Å²) in [5, 5.41) is 14.1. The number of nitrogens with zero attached hydrogens (tertiary/aromatic N) is 3. The van der Waals surface area contributed by atoms with Gasteiger partial charge in [0.2, 0.25) is 0 Å². The minimum Gasteiger partial charge on any atom is -0.390 e. The summed E-state index contributed by atoms with van der Waals surface area (Å²) in [6, 6.07) is 12.4. The maximum absolute atomic E-state index is 10.0. The van der Waals surface area contributed by atoms with Gasteiger partial charge in [0.15, 0.2) is 0 Å². The summed E-state index contributed by atoms with van der Waals surface area (Å²) in [5.41, 5.74) is 1.37. The van der Waals surface area contributed by atoms with Gasteiger partial charge in [-0.05, 0) is 38.1 Å². The highest BCUT2D eigenvalue weighted by atomic mass is 16.3. The van der Waals surface area contributed by atoms with Crippen LogP contribution in [0.2, 0.25) is 0 Å². The zero-order valence-corrected chi connectivity index (χ0v) is 12.0. The number of likely N-dealkylation sites (N-methyl/N-ethyl adjacent to an activating group) is 1. The second kappa shape index (κ2) is 7.82. The molecule has 0 saturated heterocycles. The fourth-order valence-corrected chi connectivity index (χ4v) is 2.33. The maximum atomic E-state index is 10.0. The van der Waals surface area contributed by atoms with Crippen molar-refractivity contribution in [3.63, 3.8) is 0 Å². The Bertz CT molecular complexity index is 470. The van der Waals surface area contributed by atoms with Crippen LogP contribution in [0.1, 0.15) is 12.0 Å². The fourth-order valence-electron chi connectivity index (χ4n) is 2.33. The average molecular weight is 273 g/mol. The summed E-state index contributed by atoms with van der Waals surface area (Å²) in [4.78, 5) is 2.18. The molecule has 1 N–H and O–H groups in total. The van der Waals surface area contributed by atoms with Crippen molar-refractivity contribution in [3.05, 3.63) is 54.4 Å². The lowest BCUT2D eigenvalue weighted by Crippen LogP contribution is -2.33. The highest BCUT2D eigenvalue weighted by molar-refractivity contribution is 5.14. The lowest BCUT2D eigenvalue weighted by atomic mass is 10.1. The van der Waals surface area contributed by atoms with Crippen molar-refractivity contribution in [2.24, 2.45) is 0 Å². The quantitative estimate of drug-likeness (QED) is 0.797. The first-order valence-corrected chi connectivity index (χ1v) is 7.12. The molecule has 20 heavy (non-hydrogen) atoms. The summed E-state index contributed by atoms with van der Waals surface area (Å²) in [7, 11) is 2.05. The summed E-state index contributed by atoms with van der Waals surface area (Å²) in [6.07, 6.45) is 5.42. The van der Waals surface area contributed by atoms with Gasteiger partial charge in [0.1, 0.15) is 0 Å². The molecule has 0 saturated carbocycles. The number of aromatic nitrogens is 2. The Balaban J connectivity index is 1.63. The molecule has 0 radical (unpaired) electrons. The highest BCUT2D eigenvalue weighted by Crippen LogP contribution is 2.03. The molecule has 0 aliphatic heterocycles. The normalized spacial score (nSPS) is 12.8. The Labute approximate surface area is 120 Å². The van der Waals surface area contributed by atoms with Gasteiger partial charge in [-0.1, -0.05) is 30.3 Å². The van der Waals surface area contributed by atoms with Crippen LogP contribution >= 0.6 is 0 Å². The van der Waals surface area contributed by atoms with Crippen molar-refractivity contribution < 1.29 is 5.11 Å². The SMILES string of the molecule is CN(CCCc1ccccc1)CC(O)Cn1cccn1. The number of aryl methyl sites for hydroxylation is 1. The topological polar surface area (TPSA) is 41.3 Å². The third-order valence-electron chi connectivity index (χ3n) is 3.33. The van der Waals surface area contributed by atoms with E-state index in [1.54, 1.807) is 10.9 Å². The largest absolute Gasteiger partial charge is 0.390 e. The van der Waals surface area contributed by atoms with Gasteiger partial charge < -0.3 is 10.0 Å². The molecule has 0 spiro atoms. The van der Waals surface area contributed by atoms with Crippen LogP contribution in [-0.2, 0) is 13.0 Å². The number of rotatable bonds is 8. The average Bonchev–Trinajstić information content (AvgIpc) is 2.92. The van der Waals surface area contributed by atoms with Gasteiger partial charge in [-0.25, -0.2) is 0 Å². The molecule has 1 heterocycles. The summed E-state index contributed by atoms with van der Waals surface area (Å²) >= 11 is 0. The van der Waals surface area contributed by atoms with Crippen LogP contribution in [0.5, 0.6) is 0 Å². The second-order valence-corrected chi connectivity index (χ2v) is 5.23. The molecule has 0 aliphatic carbocycles. The van der Waals surface area contributed by atoms with Crippen molar-refractivity contribution >= 4 is 0 Å². The standard InChI is InChI=1S/C16H23N3O/c1-18(11-5-9-15-7-3-2-4-8-15)13-16(20)14-19-12-6-10-17-19/h2-4,6-8,10,12,16,20H,5,9,11,13-14H2,1H3. The molecular weight excluding hydrogens is 250 g/mol. The molecule has 0 aliphatic rings. The number of aliphatic hydroxyl groups excluding tert-OH is 1. The van der Waals surface area contributed by atoms with E-state index in [4.69, 9.17) is 0 Å². The number of benzene rings is 1. The number of hydrogen-bond donors (Lipinski definition) is 1. The summed E-state index contributed by atoms with van der Waals surface area (Å²) in [6.45, 7) is 2.22. The fraction of sp³-hybridized carbons (Fsp3) is 0.438. The molecule has 1 aromatic carbocycles. The smallest absolute Gasteiger partial charge is 0.0862 e. The van der Waals surface area contributed by atoms with E-state index in [0.717, 1.165) is 19.4 Å². The van der Waals surface area contributed by atoms with Crippen LogP contribution in [0.3, 0.4) is 0 Å². The number of aliphatic hydroxyl groups is 1. The molecule has 1 atom stereocenters. The summed E-state index contributed by atoms with van der Waals surface area (Å²) in [5.74, 6) is 0. The van der Waals surface area contributed by atoms with E-state index < -0.39 is 0 Å². The molecule has 2 aromatic rings. The van der Waals surface area contributed by atoms with Crippen molar-refractivity contribution in [1.82, 2.24) is 14.7 Å². The van der Waals surface area contributed by atoms with E-state index in [0.29, 0.717) is 13.1 Å². The first-order valence-electron chi connectivity index (χ1n) is 7.12. The predicted octanol–water partition coefficient (Wildman–Crippen LogP) is 1.81. The second-order valence-electron chi connectivity index (χ2n) is 5.23. The molecular formula is C16H23N3O. The van der Waals surface area contributed by atoms with Gasteiger partial charge in [-0.2, -0.15) is 5.10 Å². The van der Waals surface area contributed by atoms with E-state index in [1.165, 1.54) is 5.56 Å². The zero-order chi connectivity index (χ0) is 14.2. The third-order valence-corrected chi connectivity index (χ3v) is 3.33. The lowest BCUT2D eigenvalue weighted by molar-refractivity contribution is 0.106. The van der Waals surface area contributed by atoms with Crippen LogP contribution in [0, 0.1) is 0 Å². The van der Waals surface area contributed by atoms with Gasteiger partial charge in [-0.15, -0.1) is 0 Å².